The van der Waals surface area contributed by atoms with Crippen LogP contribution in [-0.4, -0.2) is 46.3 Å². The van der Waals surface area contributed by atoms with E-state index in [1.165, 1.54) is 11.0 Å². The number of β-amino-alcohol motifs (C(OH)–C–C–N with tert-alkyl or cyclic N) is 2. The summed E-state index contributed by atoms with van der Waals surface area (Å²) in [7, 11) is 0. The SMILES string of the molecule is Nc1ccc(Cl)c(C(=O)N2CC(O)C(O)C2)c1. The van der Waals surface area contributed by atoms with Crippen LogP contribution in [0.1, 0.15) is 10.4 Å². The van der Waals surface area contributed by atoms with Gasteiger partial charge in [0, 0.05) is 18.8 Å². The molecule has 1 aromatic carbocycles. The molecule has 0 bridgehead atoms. The molecule has 2 atom stereocenters. The molecule has 6 heteroatoms. The number of aliphatic hydroxyl groups is 2. The van der Waals surface area contributed by atoms with Crippen LogP contribution in [0.2, 0.25) is 5.02 Å². The summed E-state index contributed by atoms with van der Waals surface area (Å²) in [6, 6.07) is 4.64. The molecule has 17 heavy (non-hydrogen) atoms. The Hall–Kier alpha value is -1.30. The standard InChI is InChI=1S/C11H13ClN2O3/c12-8-2-1-6(13)3-7(8)11(17)14-4-9(15)10(16)5-14/h1-3,9-10,15-16H,4-5,13H2. The Morgan fingerprint density at radius 3 is 2.53 bits per heavy atom. The van der Waals surface area contributed by atoms with Gasteiger partial charge in [-0.05, 0) is 18.2 Å². The van der Waals surface area contributed by atoms with E-state index in [9.17, 15) is 15.0 Å². The molecule has 1 aliphatic rings. The Balaban J connectivity index is 2.23. The van der Waals surface area contributed by atoms with Crippen molar-refractivity contribution in [2.24, 2.45) is 0 Å². The molecule has 1 heterocycles. The average molecular weight is 257 g/mol. The van der Waals surface area contributed by atoms with E-state index in [-0.39, 0.29) is 24.6 Å². The summed E-state index contributed by atoms with van der Waals surface area (Å²) in [4.78, 5) is 13.4. The van der Waals surface area contributed by atoms with E-state index in [1.807, 2.05) is 0 Å². The van der Waals surface area contributed by atoms with Crippen LogP contribution in [0.25, 0.3) is 0 Å². The Labute approximate surface area is 103 Å². The summed E-state index contributed by atoms with van der Waals surface area (Å²) < 4.78 is 0. The van der Waals surface area contributed by atoms with Crippen molar-refractivity contribution in [3.8, 4) is 0 Å². The van der Waals surface area contributed by atoms with Crippen LogP contribution >= 0.6 is 11.6 Å². The highest BCUT2D eigenvalue weighted by Crippen LogP contribution is 2.22. The molecule has 1 fully saturated rings. The van der Waals surface area contributed by atoms with Crippen LogP contribution in [0.3, 0.4) is 0 Å². The van der Waals surface area contributed by atoms with E-state index in [1.54, 1.807) is 12.1 Å². The molecule has 92 valence electrons. The van der Waals surface area contributed by atoms with E-state index < -0.39 is 12.2 Å². The lowest BCUT2D eigenvalue weighted by atomic mass is 10.2. The van der Waals surface area contributed by atoms with Crippen molar-refractivity contribution in [2.45, 2.75) is 12.2 Å². The van der Waals surface area contributed by atoms with Crippen molar-refractivity contribution in [3.63, 3.8) is 0 Å². The molecule has 1 aromatic rings. The van der Waals surface area contributed by atoms with Crippen LogP contribution in [0, 0.1) is 0 Å². The number of hydrogen-bond acceptors (Lipinski definition) is 4. The molecular weight excluding hydrogens is 244 g/mol. The Bertz CT molecular complexity index is 442. The Morgan fingerprint density at radius 1 is 1.35 bits per heavy atom. The summed E-state index contributed by atoms with van der Waals surface area (Å²) in [6.45, 7) is 0.205. The van der Waals surface area contributed by atoms with Gasteiger partial charge in [0.2, 0.25) is 0 Å². The predicted octanol–water partition coefficient (Wildman–Crippen LogP) is 0.0998. The van der Waals surface area contributed by atoms with Crippen molar-refractivity contribution in [1.29, 1.82) is 0 Å². The molecule has 0 saturated carbocycles. The maximum atomic E-state index is 12.1. The summed E-state index contributed by atoms with van der Waals surface area (Å²) in [6.07, 6.45) is -1.81. The minimum Gasteiger partial charge on any atom is -0.399 e. The minimum absolute atomic E-state index is 0.102. The van der Waals surface area contributed by atoms with Crippen LogP contribution < -0.4 is 5.73 Å². The smallest absolute Gasteiger partial charge is 0.255 e. The van der Waals surface area contributed by atoms with Crippen LogP contribution in [-0.2, 0) is 0 Å². The molecule has 0 aliphatic carbocycles. The van der Waals surface area contributed by atoms with Gasteiger partial charge in [-0.15, -0.1) is 0 Å². The maximum Gasteiger partial charge on any atom is 0.255 e. The number of likely N-dealkylation sites (tertiary alicyclic amines) is 1. The monoisotopic (exact) mass is 256 g/mol. The maximum absolute atomic E-state index is 12.1. The number of halogens is 1. The van der Waals surface area contributed by atoms with Gasteiger partial charge in [-0.2, -0.15) is 0 Å². The van der Waals surface area contributed by atoms with Crippen molar-refractivity contribution in [3.05, 3.63) is 28.8 Å². The van der Waals surface area contributed by atoms with Gasteiger partial charge in [0.1, 0.15) is 0 Å². The van der Waals surface area contributed by atoms with Gasteiger partial charge in [0.25, 0.3) is 5.91 Å². The molecule has 0 aromatic heterocycles. The highest BCUT2D eigenvalue weighted by Gasteiger charge is 2.33. The first-order chi connectivity index (χ1) is 7.99. The number of anilines is 1. The fraction of sp³-hybridized carbons (Fsp3) is 0.364. The fourth-order valence-electron chi connectivity index (χ4n) is 1.81. The van der Waals surface area contributed by atoms with Gasteiger partial charge in [-0.1, -0.05) is 11.6 Å². The topological polar surface area (TPSA) is 86.8 Å². The van der Waals surface area contributed by atoms with E-state index in [2.05, 4.69) is 0 Å². The molecule has 0 spiro atoms. The zero-order valence-corrected chi connectivity index (χ0v) is 9.76. The number of aliphatic hydroxyl groups excluding tert-OH is 2. The van der Waals surface area contributed by atoms with Gasteiger partial charge in [-0.3, -0.25) is 4.79 Å². The molecule has 1 aliphatic heterocycles. The lowest BCUT2D eigenvalue weighted by molar-refractivity contribution is 0.0572. The average Bonchev–Trinajstić information content (AvgIpc) is 2.62. The summed E-state index contributed by atoms with van der Waals surface area (Å²) in [5.74, 6) is -0.335. The second-order valence-corrected chi connectivity index (χ2v) is 4.49. The molecule has 2 rings (SSSR count). The van der Waals surface area contributed by atoms with Crippen molar-refractivity contribution >= 4 is 23.2 Å². The molecule has 1 amide bonds. The second kappa shape index (κ2) is 4.52. The first kappa shape index (κ1) is 12.2. The number of amides is 1. The number of rotatable bonds is 1. The molecule has 1 saturated heterocycles. The largest absolute Gasteiger partial charge is 0.399 e. The first-order valence-corrected chi connectivity index (χ1v) is 5.57. The van der Waals surface area contributed by atoms with E-state index in [0.717, 1.165) is 0 Å². The number of hydrogen-bond donors (Lipinski definition) is 3. The zero-order valence-electron chi connectivity index (χ0n) is 9.01. The highest BCUT2D eigenvalue weighted by atomic mass is 35.5. The number of nitrogens with two attached hydrogens (primary N) is 1. The van der Waals surface area contributed by atoms with E-state index in [0.29, 0.717) is 10.7 Å². The third kappa shape index (κ3) is 2.36. The van der Waals surface area contributed by atoms with E-state index >= 15 is 0 Å². The number of benzene rings is 1. The summed E-state index contributed by atoms with van der Waals surface area (Å²) >= 11 is 5.91. The molecule has 2 unspecified atom stereocenters. The number of carbonyl (C=O) groups is 1. The van der Waals surface area contributed by atoms with Crippen molar-refractivity contribution in [2.75, 3.05) is 18.8 Å². The zero-order chi connectivity index (χ0) is 12.6. The molecule has 0 radical (unpaired) electrons. The Morgan fingerprint density at radius 2 is 1.94 bits per heavy atom. The summed E-state index contributed by atoms with van der Waals surface area (Å²) in [5, 5.41) is 19.1. The van der Waals surface area contributed by atoms with E-state index in [4.69, 9.17) is 17.3 Å². The fourth-order valence-corrected chi connectivity index (χ4v) is 2.01. The minimum atomic E-state index is -0.904. The molecule has 5 nitrogen and oxygen atoms in total. The lowest BCUT2D eigenvalue weighted by Gasteiger charge is -2.16. The molecule has 4 N–H and O–H groups in total. The van der Waals surface area contributed by atoms with Gasteiger partial charge in [0.05, 0.1) is 22.8 Å². The summed E-state index contributed by atoms with van der Waals surface area (Å²) in [5.41, 5.74) is 6.32. The van der Waals surface area contributed by atoms with Gasteiger partial charge >= 0.3 is 0 Å². The van der Waals surface area contributed by atoms with Crippen LogP contribution in [0.4, 0.5) is 5.69 Å². The van der Waals surface area contributed by atoms with Crippen molar-refractivity contribution < 1.29 is 15.0 Å². The van der Waals surface area contributed by atoms with Gasteiger partial charge < -0.3 is 20.8 Å². The van der Waals surface area contributed by atoms with Crippen molar-refractivity contribution in [1.82, 2.24) is 4.90 Å². The number of carbonyl (C=O) groups excluding carboxylic acids is 1. The number of nitrogens with zero attached hydrogens (tertiary/aromatic N) is 1. The quantitative estimate of drug-likeness (QED) is 0.622. The first-order valence-electron chi connectivity index (χ1n) is 5.19. The Kier molecular flexibility index (Phi) is 3.24. The van der Waals surface area contributed by atoms with Gasteiger partial charge in [-0.25, -0.2) is 0 Å². The normalized spacial score (nSPS) is 24.1. The third-order valence-electron chi connectivity index (χ3n) is 2.77. The van der Waals surface area contributed by atoms with Crippen LogP contribution in [0.5, 0.6) is 0 Å². The van der Waals surface area contributed by atoms with Crippen LogP contribution in [0.15, 0.2) is 18.2 Å². The highest BCUT2D eigenvalue weighted by molar-refractivity contribution is 6.34. The lowest BCUT2D eigenvalue weighted by Crippen LogP contribution is -2.30. The second-order valence-electron chi connectivity index (χ2n) is 4.08. The molecular formula is C11H13ClN2O3. The van der Waals surface area contributed by atoms with Gasteiger partial charge in [0.15, 0.2) is 0 Å². The third-order valence-corrected chi connectivity index (χ3v) is 3.10. The number of nitrogen functional groups attached to an aromatic ring is 1. The predicted molar refractivity (Wildman–Crippen MR) is 63.8 cm³/mol.